The Morgan fingerprint density at radius 3 is 2.48 bits per heavy atom. The number of carbonyl (C=O) groups excluding carboxylic acids is 1. The minimum atomic E-state index is -0.896. The summed E-state index contributed by atoms with van der Waals surface area (Å²) in [4.78, 5) is 28.8. The van der Waals surface area contributed by atoms with Crippen molar-refractivity contribution in [2.24, 2.45) is 5.41 Å². The van der Waals surface area contributed by atoms with Crippen LogP contribution in [0, 0.1) is 15.5 Å². The summed E-state index contributed by atoms with van der Waals surface area (Å²) in [5, 5.41) is 12.1. The maximum absolute atomic E-state index is 12.4. The molecule has 9 heteroatoms. The molecule has 33 heavy (non-hydrogen) atoms. The number of oxazole rings is 1. The fraction of sp³-hybridized carbons (Fsp3) is 0.583. The first-order chi connectivity index (χ1) is 15.6. The Morgan fingerprint density at radius 1 is 1.24 bits per heavy atom. The van der Waals surface area contributed by atoms with Crippen LogP contribution in [0.15, 0.2) is 16.5 Å². The van der Waals surface area contributed by atoms with Crippen molar-refractivity contribution in [1.29, 1.82) is 0 Å². The molecule has 0 amide bonds. The van der Waals surface area contributed by atoms with Crippen molar-refractivity contribution in [2.75, 3.05) is 14.2 Å². The van der Waals surface area contributed by atoms with Crippen LogP contribution >= 0.6 is 0 Å². The minimum absolute atomic E-state index is 0.133. The average Bonchev–Trinajstić information content (AvgIpc) is 3.17. The molecule has 1 aromatic carbocycles. The van der Waals surface area contributed by atoms with Crippen LogP contribution in [0.5, 0.6) is 11.5 Å². The molecule has 180 valence electrons. The molecule has 2 atom stereocenters. The number of rotatable bonds is 8. The van der Waals surface area contributed by atoms with Crippen molar-refractivity contribution < 1.29 is 28.3 Å². The van der Waals surface area contributed by atoms with Gasteiger partial charge in [-0.1, -0.05) is 6.92 Å². The van der Waals surface area contributed by atoms with Crippen LogP contribution < -0.4 is 9.47 Å². The fourth-order valence-corrected chi connectivity index (χ4v) is 4.11. The van der Waals surface area contributed by atoms with Gasteiger partial charge in [-0.25, -0.2) is 4.98 Å². The number of aromatic nitrogens is 1. The van der Waals surface area contributed by atoms with Crippen molar-refractivity contribution in [2.45, 2.75) is 71.9 Å². The van der Waals surface area contributed by atoms with Gasteiger partial charge in [0, 0.05) is 17.8 Å². The van der Waals surface area contributed by atoms with Gasteiger partial charge >= 0.3 is 5.97 Å². The largest absolute Gasteiger partial charge is 0.493 e. The lowest BCUT2D eigenvalue weighted by molar-refractivity contribution is -0.527. The number of nitrogens with zero attached hydrogens (tertiary/aromatic N) is 2. The van der Waals surface area contributed by atoms with Gasteiger partial charge in [0.2, 0.25) is 6.04 Å². The van der Waals surface area contributed by atoms with Crippen molar-refractivity contribution >= 4 is 5.97 Å². The van der Waals surface area contributed by atoms with E-state index in [2.05, 4.69) is 4.98 Å². The lowest BCUT2D eigenvalue weighted by Crippen LogP contribution is -2.34. The van der Waals surface area contributed by atoms with Crippen LogP contribution in [-0.4, -0.2) is 36.1 Å². The van der Waals surface area contributed by atoms with Gasteiger partial charge in [0.25, 0.3) is 0 Å². The third kappa shape index (κ3) is 5.12. The van der Waals surface area contributed by atoms with Gasteiger partial charge in [-0.2, -0.15) is 0 Å². The number of hydrogen-bond acceptors (Lipinski definition) is 8. The molecule has 0 saturated carbocycles. The number of esters is 1. The molecule has 1 aliphatic rings. The highest BCUT2D eigenvalue weighted by Crippen LogP contribution is 2.44. The first-order valence-corrected chi connectivity index (χ1v) is 11.1. The number of methoxy groups -OCH3 is 2. The van der Waals surface area contributed by atoms with Gasteiger partial charge < -0.3 is 18.6 Å². The molecule has 0 aliphatic heterocycles. The molecule has 0 saturated heterocycles. The molecule has 0 radical (unpaired) electrons. The summed E-state index contributed by atoms with van der Waals surface area (Å²) in [5.41, 5.74) is 1.45. The first kappa shape index (κ1) is 24.5. The van der Waals surface area contributed by atoms with E-state index >= 15 is 0 Å². The van der Waals surface area contributed by atoms with E-state index in [1.807, 2.05) is 13.0 Å². The number of nitro groups is 1. The van der Waals surface area contributed by atoms with E-state index in [1.54, 1.807) is 33.9 Å². The Hall–Kier alpha value is -3.10. The van der Waals surface area contributed by atoms with Gasteiger partial charge in [0.15, 0.2) is 29.8 Å². The zero-order valence-corrected chi connectivity index (χ0v) is 20.1. The SMILES string of the molecule is CCCc1nc(C2c3cc(OC)c(OC)cc3CCC2[N+](=O)[O-])c(COC(=O)C(C)(C)C)o1. The van der Waals surface area contributed by atoms with E-state index in [4.69, 9.17) is 18.6 Å². The van der Waals surface area contributed by atoms with E-state index in [1.165, 1.54) is 7.11 Å². The molecular formula is C24H32N2O7. The van der Waals surface area contributed by atoms with E-state index in [-0.39, 0.29) is 17.5 Å². The Kier molecular flexibility index (Phi) is 7.29. The summed E-state index contributed by atoms with van der Waals surface area (Å²) >= 11 is 0. The third-order valence-electron chi connectivity index (χ3n) is 5.82. The second-order valence-electron chi connectivity index (χ2n) is 9.27. The van der Waals surface area contributed by atoms with Crippen molar-refractivity contribution in [3.8, 4) is 11.5 Å². The smallest absolute Gasteiger partial charge is 0.311 e. The lowest BCUT2D eigenvalue weighted by atomic mass is 9.77. The molecule has 0 fully saturated rings. The molecule has 0 N–H and O–H groups in total. The van der Waals surface area contributed by atoms with Crippen LogP contribution in [0.3, 0.4) is 0 Å². The normalized spacial score (nSPS) is 17.9. The van der Waals surface area contributed by atoms with Gasteiger partial charge in [-0.15, -0.1) is 0 Å². The highest BCUT2D eigenvalue weighted by Gasteiger charge is 2.43. The number of benzene rings is 1. The predicted octanol–water partition coefficient (Wildman–Crippen LogP) is 4.46. The van der Waals surface area contributed by atoms with Crippen LogP contribution in [0.25, 0.3) is 0 Å². The van der Waals surface area contributed by atoms with E-state index < -0.39 is 17.4 Å². The van der Waals surface area contributed by atoms with E-state index in [0.29, 0.717) is 48.1 Å². The zero-order chi connectivity index (χ0) is 24.3. The summed E-state index contributed by atoms with van der Waals surface area (Å²) in [6, 6.07) is 2.75. The number of ether oxygens (including phenoxy) is 3. The molecule has 1 heterocycles. The topological polar surface area (TPSA) is 114 Å². The van der Waals surface area contributed by atoms with Crippen molar-refractivity contribution in [1.82, 2.24) is 4.98 Å². The Morgan fingerprint density at radius 2 is 1.91 bits per heavy atom. The lowest BCUT2D eigenvalue weighted by Gasteiger charge is -2.28. The summed E-state index contributed by atoms with van der Waals surface area (Å²) in [6.07, 6.45) is 2.25. The molecule has 2 unspecified atom stereocenters. The molecule has 9 nitrogen and oxygen atoms in total. The molecule has 3 rings (SSSR count). The summed E-state index contributed by atoms with van der Waals surface area (Å²) in [5.74, 6) is 0.827. The first-order valence-electron chi connectivity index (χ1n) is 11.1. The number of carbonyl (C=O) groups is 1. The summed E-state index contributed by atoms with van der Waals surface area (Å²) < 4.78 is 22.3. The van der Waals surface area contributed by atoms with E-state index in [0.717, 1.165) is 17.5 Å². The molecule has 2 aromatic rings. The number of aryl methyl sites for hydroxylation is 2. The van der Waals surface area contributed by atoms with Gasteiger partial charge in [-0.05, 0) is 56.9 Å². The Balaban J connectivity index is 2.12. The highest BCUT2D eigenvalue weighted by atomic mass is 16.6. The minimum Gasteiger partial charge on any atom is -0.493 e. The van der Waals surface area contributed by atoms with Crippen LogP contribution in [0.4, 0.5) is 0 Å². The predicted molar refractivity (Wildman–Crippen MR) is 120 cm³/mol. The zero-order valence-electron chi connectivity index (χ0n) is 20.1. The average molecular weight is 461 g/mol. The van der Waals surface area contributed by atoms with Crippen LogP contribution in [0.2, 0.25) is 0 Å². The fourth-order valence-electron chi connectivity index (χ4n) is 4.11. The maximum atomic E-state index is 12.4. The Bertz CT molecular complexity index is 1020. The molecule has 1 aliphatic carbocycles. The molecule has 1 aromatic heterocycles. The van der Waals surface area contributed by atoms with E-state index in [9.17, 15) is 14.9 Å². The van der Waals surface area contributed by atoms with Crippen molar-refractivity contribution in [3.05, 3.63) is 50.7 Å². The monoisotopic (exact) mass is 460 g/mol. The quantitative estimate of drug-likeness (QED) is 0.322. The maximum Gasteiger partial charge on any atom is 0.311 e. The standard InChI is InChI=1S/C24H32N2O7/c1-7-8-20-25-22(19(33-20)13-32-23(27)24(2,3)4)21-15-12-18(31-6)17(30-5)11-14(15)9-10-16(21)26(28)29/h11-12,16,21H,7-10,13H2,1-6H3. The van der Waals surface area contributed by atoms with Crippen LogP contribution in [-0.2, 0) is 29.0 Å². The van der Waals surface area contributed by atoms with Gasteiger partial charge in [0.1, 0.15) is 5.69 Å². The highest BCUT2D eigenvalue weighted by molar-refractivity contribution is 5.75. The summed E-state index contributed by atoms with van der Waals surface area (Å²) in [6.45, 7) is 7.15. The Labute approximate surface area is 193 Å². The van der Waals surface area contributed by atoms with Crippen LogP contribution in [0.1, 0.15) is 74.9 Å². The second-order valence-corrected chi connectivity index (χ2v) is 9.27. The molecule has 0 spiro atoms. The van der Waals surface area contributed by atoms with Crippen molar-refractivity contribution in [3.63, 3.8) is 0 Å². The van der Waals surface area contributed by atoms with Gasteiger partial charge in [0.05, 0.1) is 25.6 Å². The third-order valence-corrected chi connectivity index (χ3v) is 5.82. The molecule has 0 bridgehead atoms. The summed E-state index contributed by atoms with van der Waals surface area (Å²) in [7, 11) is 3.08. The molecular weight excluding hydrogens is 428 g/mol. The second kappa shape index (κ2) is 9.80. The number of hydrogen-bond donors (Lipinski definition) is 0. The number of fused-ring (bicyclic) bond motifs is 1. The van der Waals surface area contributed by atoms with Gasteiger partial charge in [-0.3, -0.25) is 14.9 Å².